The molecule has 0 bridgehead atoms. The standard InChI is InChI=1S/C29H36ClN2O2.2C9H6N4O4S.C5H10.Co.Fe/c1-6-32(7-2)23-15-12-20(26(19-23)34-28(33)21-10-8-9-11-21)13-17-27-29(3,4)24-18-22(30)14-16-25(24)31(27)5;2*14-5-1-2-6(7(15)3-5)11-12-9-10-4-8(18-9)13(16)17;1-2-4-5-3-1;;/h12-19,21H,6-11H2,1-5H3;2*1-4H,(H2,10,12,14,15);1-5H2;;/q+1;;;;;/p-2. The van der Waals surface area contributed by atoms with Crippen LogP contribution >= 0.6 is 34.3 Å². The van der Waals surface area contributed by atoms with Gasteiger partial charge in [-0.05, 0) is 95.2 Å². The first-order chi connectivity index (χ1) is 35.9. The van der Waals surface area contributed by atoms with Crippen molar-refractivity contribution in [3.8, 4) is 5.75 Å². The van der Waals surface area contributed by atoms with E-state index in [9.17, 15) is 44.8 Å². The van der Waals surface area contributed by atoms with E-state index in [1.807, 2.05) is 12.1 Å². The van der Waals surface area contributed by atoms with Crippen LogP contribution in [0.25, 0.3) is 6.08 Å². The van der Waals surface area contributed by atoms with E-state index in [2.05, 4.69) is 111 Å². The number of esters is 1. The zero-order chi connectivity index (χ0) is 54.2. The zero-order valence-corrected chi connectivity index (χ0v) is 47.1. The van der Waals surface area contributed by atoms with Crippen LogP contribution in [0.3, 0.4) is 0 Å². The van der Waals surface area contributed by atoms with Crippen LogP contribution in [0.5, 0.6) is 5.75 Å². The number of carbonyl (C=O) groups excluding carboxylic acids is 3. The van der Waals surface area contributed by atoms with Gasteiger partial charge in [0.05, 0.1) is 21.2 Å². The number of aromatic nitrogens is 2. The number of nitro groups is 2. The quantitative estimate of drug-likeness (QED) is 0.0269. The molecule has 4 aliphatic carbocycles. The predicted molar refractivity (Wildman–Crippen MR) is 289 cm³/mol. The number of halogens is 1. The Hall–Kier alpha value is -6.66. The SMILES string of the molecule is C1CCCC1.CCN(CC)c1ccc(/C=C/C2=[N+](C)c3ccc(Cl)cc3C2(C)C)c(OC(=O)C2CCCC2)c1.O=C1C=CC(=NN=c2[n-]cc([N+](=O)[O-])s2)C(O)=C1.O=C1C=CC(=NN=c2[n-]cc([N+](=O)[O-])s2)C(O)=C1.[Co].[Fe]. The number of carbonyl (C=O) groups is 3. The average Bonchev–Trinajstić information content (AvgIpc) is 4.27. The molecule has 0 unspecified atom stereocenters. The summed E-state index contributed by atoms with van der Waals surface area (Å²) in [5.74, 6) is -0.765. The summed E-state index contributed by atoms with van der Waals surface area (Å²) in [7, 11) is 2.09. The topological polar surface area (TPSA) is 271 Å². The van der Waals surface area contributed by atoms with Gasteiger partial charge in [0, 0.05) is 121 Å². The first-order valence-corrected chi connectivity index (χ1v) is 26.1. The molecule has 77 heavy (non-hydrogen) atoms. The molecular formula is C52H56ClCoFeN10O10S2-. The van der Waals surface area contributed by atoms with E-state index < -0.39 is 9.85 Å². The number of benzene rings is 2. The first-order valence-electron chi connectivity index (χ1n) is 24.1. The number of thiazole rings is 2. The number of rotatable bonds is 11. The maximum absolute atomic E-state index is 12.9. The van der Waals surface area contributed by atoms with Crippen molar-refractivity contribution < 1.29 is 77.6 Å². The number of hydrogen-bond acceptors (Lipinski definition) is 17. The van der Waals surface area contributed by atoms with Gasteiger partial charge < -0.3 is 40.0 Å². The molecule has 20 nitrogen and oxygen atoms in total. The molecular weight excluding hydrogens is 1140 g/mol. The molecule has 0 saturated heterocycles. The molecule has 5 aliphatic rings. The summed E-state index contributed by atoms with van der Waals surface area (Å²) in [6.07, 6.45) is 25.0. The summed E-state index contributed by atoms with van der Waals surface area (Å²) in [6, 6.07) is 12.3. The Morgan fingerprint density at radius 2 is 1.31 bits per heavy atom. The van der Waals surface area contributed by atoms with Crippen LogP contribution in [0, 0.1) is 26.1 Å². The van der Waals surface area contributed by atoms with E-state index in [1.165, 1.54) is 73.4 Å². The Morgan fingerprint density at radius 1 is 0.805 bits per heavy atom. The number of fused-ring (bicyclic) bond motifs is 1. The molecule has 3 heterocycles. The van der Waals surface area contributed by atoms with Crippen molar-refractivity contribution in [2.75, 3.05) is 25.0 Å². The van der Waals surface area contributed by atoms with E-state index in [1.54, 1.807) is 0 Å². The summed E-state index contributed by atoms with van der Waals surface area (Å²) >= 11 is 7.82. The average molecular weight is 1200 g/mol. The smallest absolute Gasteiger partial charge is 0.319 e. The number of ether oxygens (including phenoxy) is 1. The van der Waals surface area contributed by atoms with Gasteiger partial charge in [0.1, 0.15) is 35.7 Å². The summed E-state index contributed by atoms with van der Waals surface area (Å²) in [4.78, 5) is 64.1. The summed E-state index contributed by atoms with van der Waals surface area (Å²) < 4.78 is 8.24. The van der Waals surface area contributed by atoms with Gasteiger partial charge in [0.15, 0.2) is 17.3 Å². The molecule has 4 aromatic rings. The molecule has 1 radical (unpaired) electrons. The largest absolute Gasteiger partial charge is 0.506 e. The summed E-state index contributed by atoms with van der Waals surface area (Å²) in [5.41, 5.74) is 5.53. The maximum Gasteiger partial charge on any atom is 0.319 e. The molecule has 2 aromatic carbocycles. The van der Waals surface area contributed by atoms with E-state index in [4.69, 9.17) is 16.3 Å². The molecule has 1 aliphatic heterocycles. The number of ketones is 2. The fraction of sp³-hybridized carbons (Fsp3) is 0.346. The Balaban J connectivity index is 0.000000252. The van der Waals surface area contributed by atoms with Crippen molar-refractivity contribution in [1.29, 1.82) is 0 Å². The fourth-order valence-corrected chi connectivity index (χ4v) is 9.67. The molecule has 25 heteroatoms. The van der Waals surface area contributed by atoms with Gasteiger partial charge in [-0.25, -0.2) is 0 Å². The normalized spacial score (nSPS) is 17.8. The molecule has 411 valence electrons. The molecule has 0 amide bonds. The number of aliphatic hydroxyl groups excluding tert-OH is 2. The Morgan fingerprint density at radius 3 is 1.77 bits per heavy atom. The van der Waals surface area contributed by atoms with Crippen LogP contribution in [0.4, 0.5) is 21.4 Å². The van der Waals surface area contributed by atoms with Gasteiger partial charge in [-0.3, -0.25) is 44.8 Å². The predicted octanol–water partition coefficient (Wildman–Crippen LogP) is 9.85. The number of aliphatic hydroxyl groups is 2. The minimum absolute atomic E-state index is 0. The van der Waals surface area contributed by atoms with Crippen molar-refractivity contribution in [3.63, 3.8) is 0 Å². The third-order valence-corrected chi connectivity index (χ3v) is 14.3. The van der Waals surface area contributed by atoms with Crippen LogP contribution in [0.15, 0.2) is 123 Å². The van der Waals surface area contributed by atoms with Gasteiger partial charge in [-0.15, -0.1) is 0 Å². The van der Waals surface area contributed by atoms with E-state index in [-0.39, 0.29) is 105 Å². The third kappa shape index (κ3) is 17.4. The van der Waals surface area contributed by atoms with Crippen LogP contribution in [-0.4, -0.2) is 79.4 Å². The second-order valence-corrected chi connectivity index (χ2v) is 20.2. The van der Waals surface area contributed by atoms with Gasteiger partial charge in [-0.2, -0.15) is 4.58 Å². The number of anilines is 1. The molecule has 9 rings (SSSR count). The fourth-order valence-electron chi connectivity index (χ4n) is 8.39. The van der Waals surface area contributed by atoms with E-state index >= 15 is 0 Å². The minimum atomic E-state index is -0.583. The van der Waals surface area contributed by atoms with Crippen LogP contribution < -0.4 is 29.2 Å². The molecule has 0 atom stereocenters. The Labute approximate surface area is 477 Å². The van der Waals surface area contributed by atoms with E-state index in [0.29, 0.717) is 5.75 Å². The second kappa shape index (κ2) is 29.7. The van der Waals surface area contributed by atoms with Crippen molar-refractivity contribution >= 4 is 96.4 Å². The number of hydrogen-bond donors (Lipinski definition) is 2. The second-order valence-electron chi connectivity index (χ2n) is 17.8. The first kappa shape index (κ1) is 62.9. The summed E-state index contributed by atoms with van der Waals surface area (Å²) in [5, 5.41) is 54.6. The van der Waals surface area contributed by atoms with Gasteiger partial charge in [0.25, 0.3) is 0 Å². The van der Waals surface area contributed by atoms with Crippen molar-refractivity contribution in [1.82, 2.24) is 9.97 Å². The van der Waals surface area contributed by atoms with E-state index in [0.717, 1.165) is 102 Å². The molecule has 2 saturated carbocycles. The third-order valence-electron chi connectivity index (χ3n) is 12.4. The Kier molecular flexibility index (Phi) is 24.3. The van der Waals surface area contributed by atoms with Crippen LogP contribution in [0.1, 0.15) is 96.6 Å². The molecule has 0 spiro atoms. The van der Waals surface area contributed by atoms with Crippen LogP contribution in [-0.2, 0) is 53.6 Å². The monoisotopic (exact) mass is 1190 g/mol. The minimum Gasteiger partial charge on any atom is -0.506 e. The molecule has 2 aromatic heterocycles. The number of nitrogens with zero attached hydrogens (tertiary/aromatic N) is 10. The van der Waals surface area contributed by atoms with Crippen molar-refractivity contribution in [3.05, 3.63) is 149 Å². The van der Waals surface area contributed by atoms with Crippen LogP contribution in [0.2, 0.25) is 5.02 Å². The summed E-state index contributed by atoms with van der Waals surface area (Å²) in [6.45, 7) is 10.5. The maximum atomic E-state index is 12.9. The molecule has 2 N–H and O–H groups in total. The van der Waals surface area contributed by atoms with Gasteiger partial charge >= 0.3 is 16.0 Å². The van der Waals surface area contributed by atoms with Crippen molar-refractivity contribution in [2.45, 2.75) is 90.9 Å². The Bertz CT molecular complexity index is 3100. The zero-order valence-electron chi connectivity index (χ0n) is 42.6. The van der Waals surface area contributed by atoms with Gasteiger partial charge in [-0.1, -0.05) is 79.2 Å². The molecule has 2 fully saturated rings. The van der Waals surface area contributed by atoms with Crippen molar-refractivity contribution in [2.24, 2.45) is 26.3 Å². The van der Waals surface area contributed by atoms with Gasteiger partial charge in [0.2, 0.25) is 5.69 Å². The number of allylic oxidation sites excluding steroid dienone is 7.